The lowest BCUT2D eigenvalue weighted by atomic mass is 10.0. The number of carbonyl (C=O) groups is 1. The fourth-order valence-corrected chi connectivity index (χ4v) is 2.23. The summed E-state index contributed by atoms with van der Waals surface area (Å²) in [5.74, 6) is -0.150. The van der Waals surface area contributed by atoms with Crippen molar-refractivity contribution in [1.29, 1.82) is 0 Å². The predicted octanol–water partition coefficient (Wildman–Crippen LogP) is 2.74. The minimum atomic E-state index is -0.254. The van der Waals surface area contributed by atoms with E-state index in [2.05, 4.69) is 5.32 Å². The van der Waals surface area contributed by atoms with Crippen LogP contribution in [0.4, 0.5) is 5.69 Å². The van der Waals surface area contributed by atoms with Crippen LogP contribution in [-0.4, -0.2) is 37.0 Å². The number of methoxy groups -OCH3 is 1. The first-order valence-electron chi connectivity index (χ1n) is 7.28. The molecule has 0 fully saturated rings. The molecular weight excluding hydrogens is 292 g/mol. The summed E-state index contributed by atoms with van der Waals surface area (Å²) in [5, 5.41) is 3.15. The summed E-state index contributed by atoms with van der Waals surface area (Å²) < 4.78 is 5.21. The zero-order valence-corrected chi connectivity index (χ0v) is 13.2. The van der Waals surface area contributed by atoms with Gasteiger partial charge in [0.2, 0.25) is 6.29 Å². The molecule has 1 unspecified atom stereocenters. The average molecular weight is 311 g/mol. The van der Waals surface area contributed by atoms with Crippen LogP contribution >= 0.6 is 0 Å². The summed E-state index contributed by atoms with van der Waals surface area (Å²) in [6.45, 7) is 2.35. The Morgan fingerprint density at radius 1 is 1.43 bits per heavy atom. The third kappa shape index (κ3) is 4.17. The first kappa shape index (κ1) is 16.7. The van der Waals surface area contributed by atoms with Gasteiger partial charge >= 0.3 is 0 Å². The van der Waals surface area contributed by atoms with Gasteiger partial charge in [0, 0.05) is 25.5 Å². The van der Waals surface area contributed by atoms with Crippen molar-refractivity contribution in [2.24, 2.45) is 0 Å². The van der Waals surface area contributed by atoms with Crippen molar-refractivity contribution in [2.75, 3.05) is 19.0 Å². The summed E-state index contributed by atoms with van der Waals surface area (Å²) in [4.78, 5) is 25.0. The van der Waals surface area contributed by atoms with Gasteiger partial charge in [-0.1, -0.05) is 30.4 Å². The van der Waals surface area contributed by atoms with Crippen LogP contribution in [0.15, 0.2) is 48.7 Å². The van der Waals surface area contributed by atoms with Crippen molar-refractivity contribution in [1.82, 2.24) is 4.90 Å². The number of benzene rings is 1. The molecule has 1 heterocycles. The maximum Gasteiger partial charge on any atom is 0.260 e. The maximum atomic E-state index is 12.9. The van der Waals surface area contributed by atoms with Crippen molar-refractivity contribution in [3.05, 3.63) is 59.8 Å². The van der Waals surface area contributed by atoms with Gasteiger partial charge in [-0.15, -0.1) is 0 Å². The van der Waals surface area contributed by atoms with E-state index in [0.29, 0.717) is 23.4 Å². The molecule has 119 valence electrons. The molecule has 23 heavy (non-hydrogen) atoms. The molecule has 0 saturated carbocycles. The number of amides is 1. The number of ether oxygens (including phenoxy) is 1. The lowest BCUT2D eigenvalue weighted by Crippen LogP contribution is -2.29. The Hall–Kier alpha value is -2.66. The standard InChI is InChI=1S/C18H19N2O3/c1-14(23-2)19-16-10-6-8-15(9-7-13-21)17(16)18(22)20-11-4-3-5-12-20/h3-11,14,19H,12H2,1-2H3/b9-7+. The smallest absolute Gasteiger partial charge is 0.260 e. The molecule has 1 atom stereocenters. The fraction of sp³-hybridized carbons (Fsp3) is 0.222. The van der Waals surface area contributed by atoms with Crippen LogP contribution in [0.2, 0.25) is 0 Å². The van der Waals surface area contributed by atoms with Gasteiger partial charge in [0.25, 0.3) is 5.91 Å². The molecule has 1 aliphatic heterocycles. The largest absolute Gasteiger partial charge is 0.362 e. The molecule has 1 aromatic carbocycles. The normalized spacial score (nSPS) is 15.0. The third-order valence-corrected chi connectivity index (χ3v) is 3.43. The first-order valence-corrected chi connectivity index (χ1v) is 7.28. The van der Waals surface area contributed by atoms with Gasteiger partial charge in [-0.05, 0) is 30.7 Å². The molecule has 1 aromatic rings. The van der Waals surface area contributed by atoms with Crippen LogP contribution in [0.5, 0.6) is 0 Å². The Morgan fingerprint density at radius 3 is 2.91 bits per heavy atom. The summed E-state index contributed by atoms with van der Waals surface area (Å²) in [5.41, 5.74) is 1.79. The number of hydrogen-bond donors (Lipinski definition) is 1. The molecule has 1 radical (unpaired) electrons. The second kappa shape index (κ2) is 8.10. The Kier molecular flexibility index (Phi) is 5.88. The van der Waals surface area contributed by atoms with Gasteiger partial charge < -0.3 is 15.0 Å². The van der Waals surface area contributed by atoms with E-state index < -0.39 is 0 Å². The number of rotatable bonds is 6. The van der Waals surface area contributed by atoms with E-state index >= 15 is 0 Å². The van der Waals surface area contributed by atoms with Gasteiger partial charge in [0.15, 0.2) is 0 Å². The number of nitrogens with one attached hydrogen (secondary N) is 1. The summed E-state index contributed by atoms with van der Waals surface area (Å²) >= 11 is 0. The number of anilines is 1. The van der Waals surface area contributed by atoms with Crippen LogP contribution in [-0.2, 0) is 9.53 Å². The molecule has 5 heteroatoms. The number of allylic oxidation sites excluding steroid dienone is 3. The molecule has 0 bridgehead atoms. The molecule has 0 aliphatic carbocycles. The van der Waals surface area contributed by atoms with Crippen LogP contribution in [0.3, 0.4) is 0 Å². The minimum absolute atomic E-state index is 0.150. The van der Waals surface area contributed by atoms with Crippen molar-refractivity contribution in [3.8, 4) is 0 Å². The third-order valence-electron chi connectivity index (χ3n) is 3.43. The van der Waals surface area contributed by atoms with Gasteiger partial charge in [-0.25, -0.2) is 0 Å². The highest BCUT2D eigenvalue weighted by Crippen LogP contribution is 2.25. The SMILES string of the molecule is COC(C)Nc1cccc(/C=C/[C]=O)c1C(=O)N1C=CC=CC1. The van der Waals surface area contributed by atoms with Crippen LogP contribution in [0, 0.1) is 0 Å². The van der Waals surface area contributed by atoms with Crippen LogP contribution < -0.4 is 5.32 Å². The van der Waals surface area contributed by atoms with Gasteiger partial charge in [0.1, 0.15) is 6.23 Å². The van der Waals surface area contributed by atoms with Gasteiger partial charge in [-0.2, -0.15) is 0 Å². The highest BCUT2D eigenvalue weighted by molar-refractivity contribution is 6.04. The van der Waals surface area contributed by atoms with E-state index in [1.54, 1.807) is 36.6 Å². The topological polar surface area (TPSA) is 58.6 Å². The Morgan fingerprint density at radius 2 is 2.26 bits per heavy atom. The monoisotopic (exact) mass is 311 g/mol. The Balaban J connectivity index is 2.44. The van der Waals surface area contributed by atoms with E-state index in [9.17, 15) is 9.59 Å². The van der Waals surface area contributed by atoms with E-state index in [4.69, 9.17) is 4.74 Å². The van der Waals surface area contributed by atoms with E-state index in [1.165, 1.54) is 6.08 Å². The number of carbonyl (C=O) groups excluding carboxylic acids is 2. The molecule has 2 rings (SSSR count). The molecular formula is C18H19N2O3. The van der Waals surface area contributed by atoms with Crippen molar-refractivity contribution >= 4 is 24.0 Å². The zero-order chi connectivity index (χ0) is 16.7. The van der Waals surface area contributed by atoms with Crippen LogP contribution in [0.25, 0.3) is 6.08 Å². The Bertz CT molecular complexity index is 662. The van der Waals surface area contributed by atoms with E-state index in [0.717, 1.165) is 0 Å². The number of nitrogens with zero attached hydrogens (tertiary/aromatic N) is 1. The van der Waals surface area contributed by atoms with Crippen LogP contribution in [0.1, 0.15) is 22.8 Å². The average Bonchev–Trinajstić information content (AvgIpc) is 2.60. The lowest BCUT2D eigenvalue weighted by Gasteiger charge is -2.23. The molecule has 1 N–H and O–H groups in total. The molecule has 1 aliphatic rings. The molecule has 5 nitrogen and oxygen atoms in total. The molecule has 0 spiro atoms. The second-order valence-electron chi connectivity index (χ2n) is 4.97. The van der Waals surface area contributed by atoms with Crippen molar-refractivity contribution < 1.29 is 14.3 Å². The van der Waals surface area contributed by atoms with Gasteiger partial charge in [0.05, 0.1) is 5.56 Å². The van der Waals surface area contributed by atoms with E-state index in [-0.39, 0.29) is 12.1 Å². The summed E-state index contributed by atoms with van der Waals surface area (Å²) in [7, 11) is 1.59. The molecule has 0 aromatic heterocycles. The summed E-state index contributed by atoms with van der Waals surface area (Å²) in [6.07, 6.45) is 11.6. The Labute approximate surface area is 135 Å². The highest BCUT2D eigenvalue weighted by atomic mass is 16.5. The molecule has 0 saturated heterocycles. The fourth-order valence-electron chi connectivity index (χ4n) is 2.23. The predicted molar refractivity (Wildman–Crippen MR) is 90.6 cm³/mol. The lowest BCUT2D eigenvalue weighted by molar-refractivity contribution is 0.0834. The minimum Gasteiger partial charge on any atom is -0.362 e. The maximum absolute atomic E-state index is 12.9. The second-order valence-corrected chi connectivity index (χ2v) is 4.97. The van der Waals surface area contributed by atoms with Gasteiger partial charge in [-0.3, -0.25) is 9.59 Å². The summed E-state index contributed by atoms with van der Waals surface area (Å²) in [6, 6.07) is 5.42. The molecule has 1 amide bonds. The quantitative estimate of drug-likeness (QED) is 0.648. The zero-order valence-electron chi connectivity index (χ0n) is 13.2. The number of hydrogen-bond acceptors (Lipinski definition) is 4. The van der Waals surface area contributed by atoms with Crippen molar-refractivity contribution in [3.63, 3.8) is 0 Å². The first-order chi connectivity index (χ1) is 11.2. The van der Waals surface area contributed by atoms with Crippen molar-refractivity contribution in [2.45, 2.75) is 13.2 Å². The van der Waals surface area contributed by atoms with E-state index in [1.807, 2.05) is 37.3 Å². The highest BCUT2D eigenvalue weighted by Gasteiger charge is 2.21.